The van der Waals surface area contributed by atoms with Gasteiger partial charge in [-0.05, 0) is 12.8 Å². The zero-order valence-electron chi connectivity index (χ0n) is 10.3. The molecule has 0 saturated carbocycles. The molecule has 0 amide bonds. The molecule has 1 atom stereocenters. The highest BCUT2D eigenvalue weighted by Crippen LogP contribution is 2.30. The van der Waals surface area contributed by atoms with Gasteiger partial charge in [-0.25, -0.2) is 4.98 Å². The third kappa shape index (κ3) is 3.43. The summed E-state index contributed by atoms with van der Waals surface area (Å²) in [6.45, 7) is 5.17. The quantitative estimate of drug-likeness (QED) is 0.502. The summed E-state index contributed by atoms with van der Waals surface area (Å²) < 4.78 is 0. The summed E-state index contributed by atoms with van der Waals surface area (Å²) in [5.74, 6) is -1.03. The van der Waals surface area contributed by atoms with Gasteiger partial charge in [-0.3, -0.25) is 14.9 Å². The van der Waals surface area contributed by atoms with Gasteiger partial charge in [-0.15, -0.1) is 0 Å². The third-order valence-corrected chi connectivity index (χ3v) is 3.81. The molecule has 0 saturated heterocycles. The predicted molar refractivity (Wildman–Crippen MR) is 67.7 cm³/mol. The summed E-state index contributed by atoms with van der Waals surface area (Å²) in [5.41, 5.74) is 0.418. The number of rotatable bonds is 5. The maximum Gasteiger partial charge on any atom is 0.317 e. The minimum absolute atomic E-state index is 0.0413. The van der Waals surface area contributed by atoms with Gasteiger partial charge >= 0.3 is 5.97 Å². The fourth-order valence-corrected chi connectivity index (χ4v) is 2.28. The fraction of sp³-hybridized carbons (Fsp3) is 0.455. The van der Waals surface area contributed by atoms with Crippen molar-refractivity contribution in [3.05, 3.63) is 27.9 Å². The first-order valence-electron chi connectivity index (χ1n) is 5.33. The highest BCUT2D eigenvalue weighted by molar-refractivity contribution is 8.00. The summed E-state index contributed by atoms with van der Waals surface area (Å²) in [5, 5.41) is 19.5. The van der Waals surface area contributed by atoms with Crippen LogP contribution in [-0.4, -0.2) is 26.2 Å². The number of carboxylic acid groups (broad SMARTS) is 1. The van der Waals surface area contributed by atoms with Gasteiger partial charge in [0.25, 0.3) is 5.69 Å². The zero-order chi connectivity index (χ0) is 13.9. The van der Waals surface area contributed by atoms with E-state index in [1.807, 2.05) is 0 Å². The Labute approximate surface area is 109 Å². The van der Waals surface area contributed by atoms with Gasteiger partial charge in [0.05, 0.1) is 4.92 Å². The van der Waals surface area contributed by atoms with E-state index in [1.165, 1.54) is 12.3 Å². The topological polar surface area (TPSA) is 93.3 Å². The number of aliphatic carboxylic acids is 1. The van der Waals surface area contributed by atoms with Crippen molar-refractivity contribution in [2.24, 2.45) is 5.92 Å². The third-order valence-electron chi connectivity index (χ3n) is 2.34. The number of hydrogen-bond acceptors (Lipinski definition) is 5. The van der Waals surface area contributed by atoms with E-state index in [0.717, 1.165) is 11.8 Å². The standard InChI is InChI=1S/C11H14N2O4S/c1-6(2)10(11(14)15)18-9-4-8(13(16)17)7(3)5-12-9/h4-6,10H,1-3H3,(H,14,15). The number of hydrogen-bond donors (Lipinski definition) is 1. The summed E-state index contributed by atoms with van der Waals surface area (Å²) >= 11 is 1.03. The van der Waals surface area contributed by atoms with Crippen molar-refractivity contribution in [3.63, 3.8) is 0 Å². The molecule has 0 aromatic carbocycles. The van der Waals surface area contributed by atoms with Crippen LogP contribution in [0, 0.1) is 23.0 Å². The highest BCUT2D eigenvalue weighted by Gasteiger charge is 2.24. The van der Waals surface area contributed by atoms with Gasteiger partial charge in [0.15, 0.2) is 0 Å². The molecule has 0 bridgehead atoms. The Bertz CT molecular complexity index is 476. The number of nitro groups is 1. The molecule has 1 aromatic heterocycles. The summed E-state index contributed by atoms with van der Waals surface area (Å²) in [6.07, 6.45) is 1.39. The van der Waals surface area contributed by atoms with Crippen molar-refractivity contribution in [3.8, 4) is 0 Å². The molecule has 1 rings (SSSR count). The van der Waals surface area contributed by atoms with Crippen LogP contribution in [0.3, 0.4) is 0 Å². The lowest BCUT2D eigenvalue weighted by Gasteiger charge is -2.14. The summed E-state index contributed by atoms with van der Waals surface area (Å²) in [7, 11) is 0. The van der Waals surface area contributed by atoms with E-state index >= 15 is 0 Å². The van der Waals surface area contributed by atoms with E-state index in [-0.39, 0.29) is 11.6 Å². The fourth-order valence-electron chi connectivity index (χ4n) is 1.36. The molecule has 7 heteroatoms. The second-order valence-electron chi connectivity index (χ2n) is 4.19. The molecule has 6 nitrogen and oxygen atoms in total. The molecule has 0 fully saturated rings. The predicted octanol–water partition coefficient (Wildman–Crippen LogP) is 2.50. The molecule has 1 aromatic rings. The van der Waals surface area contributed by atoms with Crippen molar-refractivity contribution in [2.45, 2.75) is 31.0 Å². The Morgan fingerprint density at radius 2 is 2.17 bits per heavy atom. The monoisotopic (exact) mass is 270 g/mol. The van der Waals surface area contributed by atoms with Gasteiger partial charge in [-0.2, -0.15) is 0 Å². The molecule has 1 unspecified atom stereocenters. The van der Waals surface area contributed by atoms with Crippen LogP contribution in [0.1, 0.15) is 19.4 Å². The molecule has 1 heterocycles. The van der Waals surface area contributed by atoms with Crippen molar-refractivity contribution >= 4 is 23.4 Å². The van der Waals surface area contributed by atoms with E-state index in [0.29, 0.717) is 10.6 Å². The second-order valence-corrected chi connectivity index (χ2v) is 5.35. The normalized spacial score (nSPS) is 12.4. The molecule has 0 aliphatic carbocycles. The van der Waals surface area contributed by atoms with Gasteiger partial charge < -0.3 is 5.11 Å². The first-order chi connectivity index (χ1) is 8.32. The Balaban J connectivity index is 3.01. The lowest BCUT2D eigenvalue weighted by molar-refractivity contribution is -0.385. The van der Waals surface area contributed by atoms with Crippen molar-refractivity contribution in [2.75, 3.05) is 0 Å². The molecule has 0 radical (unpaired) electrons. The van der Waals surface area contributed by atoms with Crippen LogP contribution in [-0.2, 0) is 4.79 Å². The maximum atomic E-state index is 11.0. The number of carbonyl (C=O) groups is 1. The van der Waals surface area contributed by atoms with Crippen LogP contribution in [0.4, 0.5) is 5.69 Å². The Hall–Kier alpha value is -1.63. The first kappa shape index (κ1) is 14.4. The molecule has 0 aliphatic heterocycles. The van der Waals surface area contributed by atoms with E-state index in [2.05, 4.69) is 4.98 Å². The lowest BCUT2D eigenvalue weighted by atomic mass is 10.1. The number of carboxylic acids is 1. The Morgan fingerprint density at radius 1 is 1.56 bits per heavy atom. The largest absolute Gasteiger partial charge is 0.480 e. The van der Waals surface area contributed by atoms with Crippen LogP contribution in [0.25, 0.3) is 0 Å². The van der Waals surface area contributed by atoms with Gasteiger partial charge in [0, 0.05) is 17.8 Å². The second kappa shape index (κ2) is 5.81. The Morgan fingerprint density at radius 3 is 2.61 bits per heavy atom. The average Bonchev–Trinajstić information content (AvgIpc) is 2.26. The number of nitrogens with zero attached hydrogens (tertiary/aromatic N) is 2. The van der Waals surface area contributed by atoms with Crippen molar-refractivity contribution < 1.29 is 14.8 Å². The summed E-state index contributed by atoms with van der Waals surface area (Å²) in [6, 6.07) is 1.32. The molecule has 1 N–H and O–H groups in total. The molecular weight excluding hydrogens is 256 g/mol. The van der Waals surface area contributed by atoms with Gasteiger partial charge in [-0.1, -0.05) is 25.6 Å². The molecular formula is C11H14N2O4S. The van der Waals surface area contributed by atoms with Crippen LogP contribution in [0.15, 0.2) is 17.3 Å². The average molecular weight is 270 g/mol. The van der Waals surface area contributed by atoms with E-state index in [1.54, 1.807) is 20.8 Å². The summed E-state index contributed by atoms with van der Waals surface area (Å²) in [4.78, 5) is 25.4. The van der Waals surface area contributed by atoms with Crippen LogP contribution in [0.2, 0.25) is 0 Å². The minimum Gasteiger partial charge on any atom is -0.480 e. The highest BCUT2D eigenvalue weighted by atomic mass is 32.2. The zero-order valence-corrected chi connectivity index (χ0v) is 11.1. The lowest BCUT2D eigenvalue weighted by Crippen LogP contribution is -2.22. The molecule has 18 heavy (non-hydrogen) atoms. The van der Waals surface area contributed by atoms with E-state index in [9.17, 15) is 14.9 Å². The van der Waals surface area contributed by atoms with Crippen LogP contribution < -0.4 is 0 Å². The maximum absolute atomic E-state index is 11.0. The number of aromatic nitrogens is 1. The SMILES string of the molecule is Cc1cnc(SC(C(=O)O)C(C)C)cc1[N+](=O)[O-]. The Kier molecular flexibility index (Phi) is 4.66. The van der Waals surface area contributed by atoms with Gasteiger partial charge in [0.2, 0.25) is 0 Å². The van der Waals surface area contributed by atoms with Gasteiger partial charge in [0.1, 0.15) is 10.3 Å². The van der Waals surface area contributed by atoms with E-state index in [4.69, 9.17) is 5.11 Å². The molecule has 98 valence electrons. The molecule has 0 spiro atoms. The number of aryl methyl sites for hydroxylation is 1. The smallest absolute Gasteiger partial charge is 0.317 e. The van der Waals surface area contributed by atoms with Crippen LogP contribution >= 0.6 is 11.8 Å². The van der Waals surface area contributed by atoms with E-state index < -0.39 is 16.1 Å². The van der Waals surface area contributed by atoms with Crippen LogP contribution in [0.5, 0.6) is 0 Å². The molecule has 0 aliphatic rings. The first-order valence-corrected chi connectivity index (χ1v) is 6.21. The van der Waals surface area contributed by atoms with Crippen molar-refractivity contribution in [1.82, 2.24) is 4.98 Å². The minimum atomic E-state index is -0.944. The number of pyridine rings is 1. The number of thioether (sulfide) groups is 1. The van der Waals surface area contributed by atoms with Crippen molar-refractivity contribution in [1.29, 1.82) is 0 Å².